The molecule has 0 aliphatic carbocycles. The van der Waals surface area contributed by atoms with Gasteiger partial charge in [-0.25, -0.2) is 4.39 Å². The van der Waals surface area contributed by atoms with Gasteiger partial charge in [-0.15, -0.1) is 0 Å². The first-order chi connectivity index (χ1) is 10.2. The Morgan fingerprint density at radius 2 is 2.19 bits per heavy atom. The molecule has 5 heteroatoms. The topological polar surface area (TPSA) is 29.9 Å². The van der Waals surface area contributed by atoms with E-state index in [1.54, 1.807) is 12.1 Å². The fourth-order valence-electron chi connectivity index (χ4n) is 2.29. The summed E-state index contributed by atoms with van der Waals surface area (Å²) in [7, 11) is 0. The predicted octanol–water partition coefficient (Wildman–Crippen LogP) is 3.98. The third-order valence-electron chi connectivity index (χ3n) is 3.49. The Bertz CT molecular complexity index is 562. The van der Waals surface area contributed by atoms with Crippen LogP contribution in [0.4, 0.5) is 4.39 Å². The summed E-state index contributed by atoms with van der Waals surface area (Å²) in [5.74, 6) is -0.256. The SMILES string of the molecule is CCCNC(Cc1c(F)cccc1Cl)c1cnn(CC)c1. The quantitative estimate of drug-likeness (QED) is 0.838. The molecule has 0 saturated carbocycles. The number of halogens is 2. The number of nitrogens with one attached hydrogen (secondary N) is 1. The Labute approximate surface area is 130 Å². The van der Waals surface area contributed by atoms with Gasteiger partial charge < -0.3 is 5.32 Å². The Balaban J connectivity index is 2.23. The lowest BCUT2D eigenvalue weighted by Crippen LogP contribution is -2.24. The fourth-order valence-corrected chi connectivity index (χ4v) is 2.53. The van der Waals surface area contributed by atoms with Crippen molar-refractivity contribution in [1.82, 2.24) is 15.1 Å². The van der Waals surface area contributed by atoms with Gasteiger partial charge in [-0.2, -0.15) is 5.10 Å². The van der Waals surface area contributed by atoms with Crippen molar-refractivity contribution in [2.75, 3.05) is 6.54 Å². The molecule has 1 N–H and O–H groups in total. The van der Waals surface area contributed by atoms with Crippen molar-refractivity contribution < 1.29 is 4.39 Å². The second-order valence-corrected chi connectivity index (χ2v) is 5.45. The Morgan fingerprint density at radius 3 is 2.81 bits per heavy atom. The zero-order valence-corrected chi connectivity index (χ0v) is 13.2. The highest BCUT2D eigenvalue weighted by Gasteiger charge is 2.17. The summed E-state index contributed by atoms with van der Waals surface area (Å²) in [5, 5.41) is 8.22. The monoisotopic (exact) mass is 309 g/mol. The second-order valence-electron chi connectivity index (χ2n) is 5.04. The molecule has 0 aliphatic heterocycles. The van der Waals surface area contributed by atoms with Crippen molar-refractivity contribution in [3.63, 3.8) is 0 Å². The lowest BCUT2D eigenvalue weighted by Gasteiger charge is -2.18. The van der Waals surface area contributed by atoms with Crippen LogP contribution in [0.25, 0.3) is 0 Å². The number of benzene rings is 1. The zero-order chi connectivity index (χ0) is 15.2. The standard InChI is InChI=1S/C16H21ClFN3/c1-3-8-19-16(12-10-20-21(4-2)11-12)9-13-14(17)6-5-7-15(13)18/h5-7,10-11,16,19H,3-4,8-9H2,1-2H3. The summed E-state index contributed by atoms with van der Waals surface area (Å²) in [6.07, 6.45) is 5.37. The van der Waals surface area contributed by atoms with E-state index in [-0.39, 0.29) is 11.9 Å². The van der Waals surface area contributed by atoms with Crippen LogP contribution >= 0.6 is 11.6 Å². The number of rotatable bonds is 7. The van der Waals surface area contributed by atoms with Crippen LogP contribution in [0.1, 0.15) is 37.4 Å². The molecule has 21 heavy (non-hydrogen) atoms. The van der Waals surface area contributed by atoms with E-state index < -0.39 is 0 Å². The number of aromatic nitrogens is 2. The van der Waals surface area contributed by atoms with Crippen molar-refractivity contribution in [2.45, 2.75) is 39.3 Å². The highest BCUT2D eigenvalue weighted by atomic mass is 35.5. The van der Waals surface area contributed by atoms with Gasteiger partial charge in [0.2, 0.25) is 0 Å². The van der Waals surface area contributed by atoms with E-state index in [1.807, 2.05) is 24.0 Å². The van der Waals surface area contributed by atoms with Crippen LogP contribution in [-0.2, 0) is 13.0 Å². The lowest BCUT2D eigenvalue weighted by molar-refractivity contribution is 0.512. The third kappa shape index (κ3) is 4.05. The summed E-state index contributed by atoms with van der Waals surface area (Å²) in [6, 6.07) is 4.82. The molecule has 0 bridgehead atoms. The summed E-state index contributed by atoms with van der Waals surface area (Å²) in [4.78, 5) is 0. The van der Waals surface area contributed by atoms with E-state index in [1.165, 1.54) is 6.07 Å². The van der Waals surface area contributed by atoms with Gasteiger partial charge >= 0.3 is 0 Å². The number of hydrogen-bond donors (Lipinski definition) is 1. The molecule has 2 aromatic rings. The van der Waals surface area contributed by atoms with Gasteiger partial charge in [0.25, 0.3) is 0 Å². The smallest absolute Gasteiger partial charge is 0.127 e. The molecule has 114 valence electrons. The van der Waals surface area contributed by atoms with Crippen molar-refractivity contribution >= 4 is 11.6 Å². The van der Waals surface area contributed by atoms with Crippen LogP contribution in [0.15, 0.2) is 30.6 Å². The van der Waals surface area contributed by atoms with Gasteiger partial charge in [-0.3, -0.25) is 4.68 Å². The molecule has 1 aromatic heterocycles. The molecule has 1 atom stereocenters. The largest absolute Gasteiger partial charge is 0.310 e. The molecule has 1 heterocycles. The number of aryl methyl sites for hydroxylation is 1. The molecule has 1 unspecified atom stereocenters. The molecular formula is C16H21ClFN3. The number of hydrogen-bond acceptors (Lipinski definition) is 2. The van der Waals surface area contributed by atoms with E-state index in [0.717, 1.165) is 25.1 Å². The van der Waals surface area contributed by atoms with Gasteiger partial charge in [0.15, 0.2) is 0 Å². The summed E-state index contributed by atoms with van der Waals surface area (Å²) >= 11 is 6.14. The Kier molecular flexibility index (Phi) is 5.76. The normalized spacial score (nSPS) is 12.6. The van der Waals surface area contributed by atoms with Gasteiger partial charge in [-0.1, -0.05) is 24.6 Å². The van der Waals surface area contributed by atoms with E-state index in [2.05, 4.69) is 17.3 Å². The van der Waals surface area contributed by atoms with Crippen LogP contribution in [0.5, 0.6) is 0 Å². The maximum atomic E-state index is 14.0. The third-order valence-corrected chi connectivity index (χ3v) is 3.84. The maximum absolute atomic E-state index is 14.0. The minimum absolute atomic E-state index is 0.0136. The lowest BCUT2D eigenvalue weighted by atomic mass is 10.0. The molecule has 0 saturated heterocycles. The zero-order valence-electron chi connectivity index (χ0n) is 12.4. The molecule has 1 aromatic carbocycles. The number of nitrogens with zero attached hydrogens (tertiary/aromatic N) is 2. The van der Waals surface area contributed by atoms with Crippen LogP contribution in [-0.4, -0.2) is 16.3 Å². The minimum atomic E-state index is -0.256. The second kappa shape index (κ2) is 7.57. The van der Waals surface area contributed by atoms with E-state index in [0.29, 0.717) is 17.0 Å². The first kappa shape index (κ1) is 16.0. The molecule has 0 amide bonds. The average Bonchev–Trinajstić information content (AvgIpc) is 2.95. The van der Waals surface area contributed by atoms with Gasteiger partial charge in [0.05, 0.1) is 6.20 Å². The summed E-state index contributed by atoms with van der Waals surface area (Å²) in [6.45, 7) is 5.84. The highest BCUT2D eigenvalue weighted by molar-refractivity contribution is 6.31. The molecule has 2 rings (SSSR count). The van der Waals surface area contributed by atoms with Crippen molar-refractivity contribution in [2.24, 2.45) is 0 Å². The minimum Gasteiger partial charge on any atom is -0.310 e. The van der Waals surface area contributed by atoms with Gasteiger partial charge in [-0.05, 0) is 38.4 Å². The highest BCUT2D eigenvalue weighted by Crippen LogP contribution is 2.25. The first-order valence-electron chi connectivity index (χ1n) is 7.34. The molecule has 0 radical (unpaired) electrons. The maximum Gasteiger partial charge on any atom is 0.127 e. The van der Waals surface area contributed by atoms with Crippen LogP contribution < -0.4 is 5.32 Å². The first-order valence-corrected chi connectivity index (χ1v) is 7.72. The van der Waals surface area contributed by atoms with Crippen LogP contribution in [0.3, 0.4) is 0 Å². The van der Waals surface area contributed by atoms with Crippen LogP contribution in [0, 0.1) is 5.82 Å². The molecular weight excluding hydrogens is 289 g/mol. The molecule has 0 spiro atoms. The van der Waals surface area contributed by atoms with Crippen molar-refractivity contribution in [1.29, 1.82) is 0 Å². The van der Waals surface area contributed by atoms with Crippen LogP contribution in [0.2, 0.25) is 5.02 Å². The Morgan fingerprint density at radius 1 is 1.38 bits per heavy atom. The van der Waals surface area contributed by atoms with E-state index >= 15 is 0 Å². The van der Waals surface area contributed by atoms with E-state index in [4.69, 9.17) is 11.6 Å². The van der Waals surface area contributed by atoms with Gasteiger partial charge in [0.1, 0.15) is 5.82 Å². The van der Waals surface area contributed by atoms with Crippen molar-refractivity contribution in [3.05, 3.63) is 52.6 Å². The molecule has 0 fully saturated rings. The van der Waals surface area contributed by atoms with Crippen molar-refractivity contribution in [3.8, 4) is 0 Å². The molecule has 0 aliphatic rings. The van der Waals surface area contributed by atoms with Gasteiger partial charge in [0, 0.05) is 34.9 Å². The Hall–Kier alpha value is -1.39. The fraction of sp³-hybridized carbons (Fsp3) is 0.438. The predicted molar refractivity (Wildman–Crippen MR) is 84.0 cm³/mol. The summed E-state index contributed by atoms with van der Waals surface area (Å²) < 4.78 is 15.9. The summed E-state index contributed by atoms with van der Waals surface area (Å²) in [5.41, 5.74) is 1.61. The average molecular weight is 310 g/mol. The molecule has 3 nitrogen and oxygen atoms in total. The van der Waals surface area contributed by atoms with E-state index in [9.17, 15) is 4.39 Å².